The first-order valence-electron chi connectivity index (χ1n) is 6.42. The number of aromatic nitrogens is 2. The lowest BCUT2D eigenvalue weighted by Crippen LogP contribution is -2.07. The molecule has 0 saturated heterocycles. The summed E-state index contributed by atoms with van der Waals surface area (Å²) in [7, 11) is 0. The van der Waals surface area contributed by atoms with Gasteiger partial charge in [0, 0.05) is 24.5 Å². The molecule has 2 aromatic rings. The van der Waals surface area contributed by atoms with Gasteiger partial charge in [-0.25, -0.2) is 9.97 Å². The van der Waals surface area contributed by atoms with Gasteiger partial charge in [-0.2, -0.15) is 0 Å². The smallest absolute Gasteiger partial charge is 0.213 e. The molecule has 0 fully saturated rings. The summed E-state index contributed by atoms with van der Waals surface area (Å²) in [5.74, 6) is 1.54. The molecule has 0 unspecified atom stereocenters. The number of pyridine rings is 2. The van der Waals surface area contributed by atoms with Crippen molar-refractivity contribution in [2.45, 2.75) is 33.4 Å². The largest absolute Gasteiger partial charge is 0.475 e. The molecule has 0 aliphatic heterocycles. The first-order valence-corrected chi connectivity index (χ1v) is 6.42. The van der Waals surface area contributed by atoms with Gasteiger partial charge in [0.1, 0.15) is 5.82 Å². The SMILES string of the molecule is Cc1cccc(NCc2ccc(OC(C)C)nc2)n1. The van der Waals surface area contributed by atoms with Gasteiger partial charge >= 0.3 is 0 Å². The fourth-order valence-electron chi connectivity index (χ4n) is 1.66. The molecule has 0 aromatic carbocycles. The molecule has 4 heteroatoms. The molecule has 0 atom stereocenters. The molecule has 0 aliphatic rings. The summed E-state index contributed by atoms with van der Waals surface area (Å²) in [5.41, 5.74) is 2.10. The van der Waals surface area contributed by atoms with Crippen LogP contribution in [-0.4, -0.2) is 16.1 Å². The van der Waals surface area contributed by atoms with Crippen LogP contribution in [0.25, 0.3) is 0 Å². The van der Waals surface area contributed by atoms with Crippen molar-refractivity contribution in [3.8, 4) is 5.88 Å². The van der Waals surface area contributed by atoms with E-state index in [2.05, 4.69) is 15.3 Å². The van der Waals surface area contributed by atoms with Crippen LogP contribution in [-0.2, 0) is 6.54 Å². The Hall–Kier alpha value is -2.10. The summed E-state index contributed by atoms with van der Waals surface area (Å²) in [6.45, 7) is 6.65. The van der Waals surface area contributed by atoms with Gasteiger partial charge in [0.25, 0.3) is 0 Å². The highest BCUT2D eigenvalue weighted by molar-refractivity contribution is 5.36. The van der Waals surface area contributed by atoms with Crippen LogP contribution in [0.2, 0.25) is 0 Å². The monoisotopic (exact) mass is 257 g/mol. The Labute approximate surface area is 113 Å². The van der Waals surface area contributed by atoms with E-state index in [0.29, 0.717) is 12.4 Å². The van der Waals surface area contributed by atoms with Gasteiger partial charge in [0.2, 0.25) is 5.88 Å². The lowest BCUT2D eigenvalue weighted by atomic mass is 10.3. The van der Waals surface area contributed by atoms with Crippen molar-refractivity contribution in [2.75, 3.05) is 5.32 Å². The number of aryl methyl sites for hydroxylation is 1. The second kappa shape index (κ2) is 6.18. The maximum atomic E-state index is 5.50. The molecule has 4 nitrogen and oxygen atoms in total. The highest BCUT2D eigenvalue weighted by Gasteiger charge is 2.00. The second-order valence-electron chi connectivity index (χ2n) is 4.69. The van der Waals surface area contributed by atoms with E-state index >= 15 is 0 Å². The normalized spacial score (nSPS) is 10.5. The minimum Gasteiger partial charge on any atom is -0.475 e. The molecule has 2 heterocycles. The van der Waals surface area contributed by atoms with E-state index in [1.165, 1.54) is 0 Å². The molecule has 0 amide bonds. The summed E-state index contributed by atoms with van der Waals surface area (Å²) in [6, 6.07) is 9.82. The zero-order chi connectivity index (χ0) is 13.7. The van der Waals surface area contributed by atoms with Crippen LogP contribution in [0, 0.1) is 6.92 Å². The first-order chi connectivity index (χ1) is 9.13. The van der Waals surface area contributed by atoms with Gasteiger partial charge in [0.15, 0.2) is 0 Å². The second-order valence-corrected chi connectivity index (χ2v) is 4.69. The van der Waals surface area contributed by atoms with Crippen molar-refractivity contribution < 1.29 is 4.74 Å². The fraction of sp³-hybridized carbons (Fsp3) is 0.333. The Balaban J connectivity index is 1.93. The fourth-order valence-corrected chi connectivity index (χ4v) is 1.66. The maximum Gasteiger partial charge on any atom is 0.213 e. The topological polar surface area (TPSA) is 47.0 Å². The number of nitrogens with one attached hydrogen (secondary N) is 1. The number of hydrogen-bond donors (Lipinski definition) is 1. The highest BCUT2D eigenvalue weighted by Crippen LogP contribution is 2.11. The number of rotatable bonds is 5. The van der Waals surface area contributed by atoms with E-state index in [1.807, 2.05) is 57.3 Å². The summed E-state index contributed by atoms with van der Waals surface area (Å²) in [5, 5.41) is 3.27. The minimum absolute atomic E-state index is 0.146. The van der Waals surface area contributed by atoms with Gasteiger partial charge in [-0.15, -0.1) is 0 Å². The van der Waals surface area contributed by atoms with Gasteiger partial charge in [-0.1, -0.05) is 12.1 Å². The van der Waals surface area contributed by atoms with Gasteiger partial charge in [0.05, 0.1) is 6.10 Å². The molecule has 0 bridgehead atoms. The van der Waals surface area contributed by atoms with E-state index in [0.717, 1.165) is 17.1 Å². The zero-order valence-electron chi connectivity index (χ0n) is 11.6. The Morgan fingerprint density at radius 2 is 2.05 bits per heavy atom. The van der Waals surface area contributed by atoms with Crippen LogP contribution in [0.4, 0.5) is 5.82 Å². The average molecular weight is 257 g/mol. The third kappa shape index (κ3) is 4.25. The quantitative estimate of drug-likeness (QED) is 0.893. The standard InChI is InChI=1S/C15H19N3O/c1-11(2)19-15-8-7-13(10-17-15)9-16-14-6-4-5-12(3)18-14/h4-8,10-11H,9H2,1-3H3,(H,16,18). The van der Waals surface area contributed by atoms with Crippen LogP contribution < -0.4 is 10.1 Å². The highest BCUT2D eigenvalue weighted by atomic mass is 16.5. The molecule has 0 aliphatic carbocycles. The van der Waals surface area contributed by atoms with Crippen molar-refractivity contribution in [3.63, 3.8) is 0 Å². The molecule has 100 valence electrons. The molecular weight excluding hydrogens is 238 g/mol. The third-order valence-electron chi connectivity index (χ3n) is 2.52. The van der Waals surface area contributed by atoms with Gasteiger partial charge in [-0.3, -0.25) is 0 Å². The molecule has 2 rings (SSSR count). The van der Waals surface area contributed by atoms with Crippen molar-refractivity contribution in [2.24, 2.45) is 0 Å². The minimum atomic E-state index is 0.146. The predicted molar refractivity (Wildman–Crippen MR) is 76.3 cm³/mol. The summed E-state index contributed by atoms with van der Waals surface area (Å²) in [4.78, 5) is 8.66. The molecule has 0 saturated carbocycles. The Bertz CT molecular complexity index is 523. The summed E-state index contributed by atoms with van der Waals surface area (Å²) in [6.07, 6.45) is 1.97. The van der Waals surface area contributed by atoms with Gasteiger partial charge in [-0.05, 0) is 38.5 Å². The van der Waals surface area contributed by atoms with Crippen molar-refractivity contribution in [1.82, 2.24) is 9.97 Å². The van der Waals surface area contributed by atoms with Crippen molar-refractivity contribution in [1.29, 1.82) is 0 Å². The van der Waals surface area contributed by atoms with E-state index in [9.17, 15) is 0 Å². The van der Waals surface area contributed by atoms with E-state index in [1.54, 1.807) is 0 Å². The number of nitrogens with zero attached hydrogens (tertiary/aromatic N) is 2. The van der Waals surface area contributed by atoms with E-state index in [4.69, 9.17) is 4.74 Å². The number of anilines is 1. The van der Waals surface area contributed by atoms with Crippen LogP contribution in [0.5, 0.6) is 5.88 Å². The lowest BCUT2D eigenvalue weighted by Gasteiger charge is -2.09. The average Bonchev–Trinajstić information content (AvgIpc) is 2.37. The zero-order valence-corrected chi connectivity index (χ0v) is 11.6. The Kier molecular flexibility index (Phi) is 4.34. The number of hydrogen-bond acceptors (Lipinski definition) is 4. The maximum absolute atomic E-state index is 5.50. The first kappa shape index (κ1) is 13.3. The third-order valence-corrected chi connectivity index (χ3v) is 2.52. The molecule has 19 heavy (non-hydrogen) atoms. The van der Waals surface area contributed by atoms with Crippen LogP contribution in [0.15, 0.2) is 36.5 Å². The lowest BCUT2D eigenvalue weighted by molar-refractivity contribution is 0.232. The molecule has 0 spiro atoms. The molecular formula is C15H19N3O. The Morgan fingerprint density at radius 1 is 1.21 bits per heavy atom. The van der Waals surface area contributed by atoms with Crippen LogP contribution in [0.3, 0.4) is 0 Å². The molecule has 2 aromatic heterocycles. The predicted octanol–water partition coefficient (Wildman–Crippen LogP) is 3.18. The van der Waals surface area contributed by atoms with Crippen LogP contribution >= 0.6 is 0 Å². The summed E-state index contributed by atoms with van der Waals surface area (Å²) >= 11 is 0. The van der Waals surface area contributed by atoms with E-state index in [-0.39, 0.29) is 6.10 Å². The van der Waals surface area contributed by atoms with Crippen LogP contribution in [0.1, 0.15) is 25.1 Å². The molecule has 0 radical (unpaired) electrons. The molecule has 1 N–H and O–H groups in total. The Morgan fingerprint density at radius 3 is 2.68 bits per heavy atom. The van der Waals surface area contributed by atoms with E-state index < -0.39 is 0 Å². The van der Waals surface area contributed by atoms with Crippen molar-refractivity contribution in [3.05, 3.63) is 47.8 Å². The summed E-state index contributed by atoms with van der Waals surface area (Å²) < 4.78 is 5.50. The van der Waals surface area contributed by atoms with Crippen molar-refractivity contribution >= 4 is 5.82 Å². The number of ether oxygens (including phenoxy) is 1. The van der Waals surface area contributed by atoms with Gasteiger partial charge < -0.3 is 10.1 Å².